The first kappa shape index (κ1) is 21.5. The van der Waals surface area contributed by atoms with Crippen molar-refractivity contribution in [1.82, 2.24) is 0 Å². The molecule has 1 saturated heterocycles. The van der Waals surface area contributed by atoms with E-state index >= 15 is 0 Å². The topological polar surface area (TPSA) is 186 Å². The zero-order chi connectivity index (χ0) is 22.0. The van der Waals surface area contributed by atoms with Crippen LogP contribution in [0.15, 0.2) is 42.5 Å². The minimum atomic E-state index is -1.74. The number of hydrogen-bond acceptors (Lipinski definition) is 10. The van der Waals surface area contributed by atoms with Gasteiger partial charge in [0, 0.05) is 12.1 Å². The SMILES string of the molecule is O=[N+]([O-])c1ccc(-c2cccc(O[C@H]3O[C@H](CO)[C@@H](O)[C@H](O)[C@H]3O)c2[N+](=O)[O-])cc1. The van der Waals surface area contributed by atoms with Crippen LogP contribution in [0.2, 0.25) is 0 Å². The Hall–Kier alpha value is -3.16. The largest absolute Gasteiger partial charge is 0.455 e. The Bertz CT molecular complexity index is 933. The van der Waals surface area contributed by atoms with Gasteiger partial charge >= 0.3 is 5.69 Å². The molecule has 0 aromatic heterocycles. The minimum absolute atomic E-state index is 0.0944. The molecule has 1 fully saturated rings. The monoisotopic (exact) mass is 422 g/mol. The van der Waals surface area contributed by atoms with E-state index in [1.807, 2.05) is 0 Å². The van der Waals surface area contributed by atoms with E-state index < -0.39 is 52.8 Å². The molecule has 0 saturated carbocycles. The first-order chi connectivity index (χ1) is 14.2. The van der Waals surface area contributed by atoms with Crippen molar-refractivity contribution in [3.63, 3.8) is 0 Å². The maximum absolute atomic E-state index is 11.7. The Balaban J connectivity index is 1.97. The molecule has 12 nitrogen and oxygen atoms in total. The van der Waals surface area contributed by atoms with Crippen LogP contribution in [0.1, 0.15) is 0 Å². The molecule has 0 spiro atoms. The Kier molecular flexibility index (Phi) is 6.24. The summed E-state index contributed by atoms with van der Waals surface area (Å²) in [4.78, 5) is 21.2. The van der Waals surface area contributed by atoms with Crippen LogP contribution in [-0.2, 0) is 4.74 Å². The molecule has 0 unspecified atom stereocenters. The Morgan fingerprint density at radius 1 is 0.933 bits per heavy atom. The van der Waals surface area contributed by atoms with Gasteiger partial charge < -0.3 is 29.9 Å². The van der Waals surface area contributed by atoms with Gasteiger partial charge in [-0.3, -0.25) is 20.2 Å². The molecule has 2 aromatic rings. The van der Waals surface area contributed by atoms with Crippen LogP contribution in [0.5, 0.6) is 5.75 Å². The van der Waals surface area contributed by atoms with Crippen LogP contribution < -0.4 is 4.74 Å². The molecule has 3 rings (SSSR count). The Morgan fingerprint density at radius 3 is 2.17 bits per heavy atom. The first-order valence-electron chi connectivity index (χ1n) is 8.74. The summed E-state index contributed by atoms with van der Waals surface area (Å²) in [5.74, 6) is -0.305. The predicted octanol–water partition coefficient (Wildman–Crippen LogP) is 0.349. The summed E-state index contributed by atoms with van der Waals surface area (Å²) in [5.41, 5.74) is -0.276. The van der Waals surface area contributed by atoms with Crippen molar-refractivity contribution in [3.8, 4) is 16.9 Å². The quantitative estimate of drug-likeness (QED) is 0.374. The zero-order valence-corrected chi connectivity index (χ0v) is 15.3. The third-order valence-corrected chi connectivity index (χ3v) is 4.66. The van der Waals surface area contributed by atoms with Gasteiger partial charge in [0.05, 0.1) is 22.0 Å². The number of hydrogen-bond donors (Lipinski definition) is 4. The lowest BCUT2D eigenvalue weighted by Crippen LogP contribution is -2.60. The van der Waals surface area contributed by atoms with E-state index in [4.69, 9.17) is 9.47 Å². The van der Waals surface area contributed by atoms with Gasteiger partial charge in [-0.25, -0.2) is 0 Å². The highest BCUT2D eigenvalue weighted by atomic mass is 16.7. The second-order valence-electron chi connectivity index (χ2n) is 6.53. The maximum Gasteiger partial charge on any atom is 0.318 e. The normalized spacial score (nSPS) is 26.2. The molecule has 1 heterocycles. The van der Waals surface area contributed by atoms with Crippen molar-refractivity contribution in [2.75, 3.05) is 6.61 Å². The average Bonchev–Trinajstić information content (AvgIpc) is 2.73. The van der Waals surface area contributed by atoms with E-state index in [9.17, 15) is 40.7 Å². The lowest BCUT2D eigenvalue weighted by atomic mass is 9.99. The highest BCUT2D eigenvalue weighted by Crippen LogP contribution is 2.39. The standard InChI is InChI=1S/C18H18N2O10/c21-8-13-15(22)16(23)17(24)18(30-13)29-12-3-1-2-11(14(12)20(27)28)9-4-6-10(7-5-9)19(25)26/h1-7,13,15-18,21-24H,8H2/t13-,15-,16+,17-,18+/m1/s1. The van der Waals surface area contributed by atoms with Crippen LogP contribution in [0.25, 0.3) is 11.1 Å². The fourth-order valence-electron chi connectivity index (χ4n) is 3.09. The van der Waals surface area contributed by atoms with Crippen LogP contribution in [0.3, 0.4) is 0 Å². The second-order valence-corrected chi connectivity index (χ2v) is 6.53. The van der Waals surface area contributed by atoms with E-state index in [0.29, 0.717) is 5.56 Å². The molecule has 12 heteroatoms. The Labute approximate surface area is 168 Å². The van der Waals surface area contributed by atoms with Crippen molar-refractivity contribution in [1.29, 1.82) is 0 Å². The molecular formula is C18H18N2O10. The third kappa shape index (κ3) is 4.08. The van der Waals surface area contributed by atoms with Crippen LogP contribution in [0, 0.1) is 20.2 Å². The molecule has 1 aliphatic rings. The molecule has 2 aromatic carbocycles. The average molecular weight is 422 g/mol. The van der Waals surface area contributed by atoms with E-state index in [1.165, 1.54) is 42.5 Å². The van der Waals surface area contributed by atoms with Crippen LogP contribution >= 0.6 is 0 Å². The van der Waals surface area contributed by atoms with Crippen molar-refractivity contribution in [2.24, 2.45) is 0 Å². The third-order valence-electron chi connectivity index (χ3n) is 4.66. The molecule has 160 valence electrons. The van der Waals surface area contributed by atoms with E-state index in [-0.39, 0.29) is 17.0 Å². The summed E-state index contributed by atoms with van der Waals surface area (Å²) >= 11 is 0. The molecule has 5 atom stereocenters. The van der Waals surface area contributed by atoms with Gasteiger partial charge in [-0.05, 0) is 29.8 Å². The van der Waals surface area contributed by atoms with Crippen molar-refractivity contribution >= 4 is 11.4 Å². The van der Waals surface area contributed by atoms with Crippen LogP contribution in [0.4, 0.5) is 11.4 Å². The lowest BCUT2D eigenvalue weighted by molar-refractivity contribution is -0.386. The summed E-state index contributed by atoms with van der Waals surface area (Å²) in [5, 5.41) is 61.6. The summed E-state index contributed by atoms with van der Waals surface area (Å²) in [6.45, 7) is -0.685. The number of nitro benzene ring substituents is 2. The number of nitro groups is 2. The van der Waals surface area contributed by atoms with Crippen molar-refractivity contribution < 1.29 is 39.7 Å². The van der Waals surface area contributed by atoms with Gasteiger partial charge in [-0.2, -0.15) is 0 Å². The number of aliphatic hydroxyl groups is 4. The second kappa shape index (κ2) is 8.69. The fraction of sp³-hybridized carbons (Fsp3) is 0.333. The van der Waals surface area contributed by atoms with E-state index in [2.05, 4.69) is 0 Å². The van der Waals surface area contributed by atoms with Gasteiger partial charge in [0.1, 0.15) is 24.4 Å². The molecule has 0 amide bonds. The zero-order valence-electron chi connectivity index (χ0n) is 15.3. The number of benzene rings is 2. The number of ether oxygens (including phenoxy) is 2. The summed E-state index contributed by atoms with van der Waals surface area (Å²) in [7, 11) is 0. The van der Waals surface area contributed by atoms with Crippen molar-refractivity contribution in [2.45, 2.75) is 30.7 Å². The molecule has 1 aliphatic heterocycles. The number of aliphatic hydroxyl groups excluding tert-OH is 4. The summed E-state index contributed by atoms with van der Waals surface area (Å²) in [6.07, 6.45) is -7.91. The number of rotatable bonds is 6. The molecule has 30 heavy (non-hydrogen) atoms. The number of nitrogens with zero attached hydrogens (tertiary/aromatic N) is 2. The van der Waals surface area contributed by atoms with Gasteiger partial charge in [-0.1, -0.05) is 6.07 Å². The van der Waals surface area contributed by atoms with Crippen LogP contribution in [-0.4, -0.2) is 67.6 Å². The van der Waals surface area contributed by atoms with E-state index in [1.54, 1.807) is 0 Å². The molecular weight excluding hydrogens is 404 g/mol. The Morgan fingerprint density at radius 2 is 1.60 bits per heavy atom. The highest BCUT2D eigenvalue weighted by Gasteiger charge is 2.45. The summed E-state index contributed by atoms with van der Waals surface area (Å²) in [6, 6.07) is 9.18. The highest BCUT2D eigenvalue weighted by molar-refractivity contribution is 5.77. The van der Waals surface area contributed by atoms with Gasteiger partial charge in [0.2, 0.25) is 12.0 Å². The van der Waals surface area contributed by atoms with Gasteiger partial charge in [-0.15, -0.1) is 0 Å². The molecule has 0 radical (unpaired) electrons. The smallest absolute Gasteiger partial charge is 0.318 e. The maximum atomic E-state index is 11.7. The summed E-state index contributed by atoms with van der Waals surface area (Å²) < 4.78 is 10.7. The fourth-order valence-corrected chi connectivity index (χ4v) is 3.09. The first-order valence-corrected chi connectivity index (χ1v) is 8.74. The van der Waals surface area contributed by atoms with Gasteiger partial charge in [0.25, 0.3) is 5.69 Å². The molecule has 0 aliphatic carbocycles. The predicted molar refractivity (Wildman–Crippen MR) is 99.6 cm³/mol. The minimum Gasteiger partial charge on any atom is -0.455 e. The molecule has 0 bridgehead atoms. The van der Waals surface area contributed by atoms with Crippen molar-refractivity contribution in [3.05, 3.63) is 62.7 Å². The number of para-hydroxylation sites is 1. The lowest BCUT2D eigenvalue weighted by Gasteiger charge is -2.39. The van der Waals surface area contributed by atoms with E-state index in [0.717, 1.165) is 0 Å². The number of non-ortho nitro benzene ring substituents is 1. The van der Waals surface area contributed by atoms with Gasteiger partial charge in [0.15, 0.2) is 0 Å². The molecule has 4 N–H and O–H groups in total.